The lowest BCUT2D eigenvalue weighted by molar-refractivity contribution is 0.293. The van der Waals surface area contributed by atoms with Crippen molar-refractivity contribution in [2.45, 2.75) is 6.61 Å². The van der Waals surface area contributed by atoms with Crippen LogP contribution >= 0.6 is 9.24 Å². The van der Waals surface area contributed by atoms with Crippen molar-refractivity contribution in [1.82, 2.24) is 9.97 Å². The number of hydrogen-bond acceptors (Lipinski definition) is 4. The Labute approximate surface area is 96.1 Å². The van der Waals surface area contributed by atoms with Gasteiger partial charge in [0.15, 0.2) is 0 Å². The summed E-state index contributed by atoms with van der Waals surface area (Å²) in [5, 5.41) is 1.07. The average Bonchev–Trinajstić information content (AvgIpc) is 2.32. The molecule has 2 aromatic rings. The van der Waals surface area contributed by atoms with Crippen LogP contribution in [0.4, 0.5) is 5.69 Å². The van der Waals surface area contributed by atoms with Crippen molar-refractivity contribution in [3.63, 3.8) is 0 Å². The maximum absolute atomic E-state index is 5.70. The van der Waals surface area contributed by atoms with Crippen LogP contribution < -0.4 is 15.8 Å². The van der Waals surface area contributed by atoms with Gasteiger partial charge in [-0.05, 0) is 23.0 Å². The Balaban J connectivity index is 2.08. The Morgan fingerprint density at radius 1 is 1.31 bits per heavy atom. The lowest BCUT2D eigenvalue weighted by Crippen LogP contribution is -2.07. The molecule has 0 fully saturated rings. The van der Waals surface area contributed by atoms with E-state index >= 15 is 0 Å². The molecule has 0 bridgehead atoms. The molecule has 0 aliphatic carbocycles. The summed E-state index contributed by atoms with van der Waals surface area (Å²) in [4.78, 5) is 7.94. The van der Waals surface area contributed by atoms with Gasteiger partial charge in [-0.25, -0.2) is 4.98 Å². The molecule has 0 radical (unpaired) electrons. The topological polar surface area (TPSA) is 61.0 Å². The second-order valence-corrected chi connectivity index (χ2v) is 3.91. The number of aromatic nitrogens is 2. The summed E-state index contributed by atoms with van der Waals surface area (Å²) in [6, 6.07) is 5.68. The molecule has 82 valence electrons. The van der Waals surface area contributed by atoms with E-state index < -0.39 is 0 Å². The molecule has 0 saturated carbocycles. The first kappa shape index (κ1) is 10.8. The van der Waals surface area contributed by atoms with E-state index in [0.717, 1.165) is 16.6 Å². The van der Waals surface area contributed by atoms with Gasteiger partial charge in [-0.2, -0.15) is 0 Å². The lowest BCUT2D eigenvalue weighted by Gasteiger charge is -2.08. The molecule has 2 N–H and O–H groups in total. The normalized spacial score (nSPS) is 10.1. The molecule has 0 spiro atoms. The summed E-state index contributed by atoms with van der Waals surface area (Å²) in [7, 11) is 2.65. The average molecular weight is 233 g/mol. The van der Waals surface area contributed by atoms with E-state index in [0.29, 0.717) is 12.5 Å². The zero-order valence-electron chi connectivity index (χ0n) is 8.63. The van der Waals surface area contributed by atoms with Crippen LogP contribution in [-0.4, -0.2) is 9.97 Å². The first-order chi connectivity index (χ1) is 7.75. The molecule has 1 atom stereocenters. The number of anilines is 1. The van der Waals surface area contributed by atoms with Crippen LogP contribution in [0.1, 0.15) is 5.56 Å². The summed E-state index contributed by atoms with van der Waals surface area (Å²) in [5.74, 6) is 0.509. The molecule has 1 unspecified atom stereocenters. The monoisotopic (exact) mass is 233 g/mol. The van der Waals surface area contributed by atoms with E-state index in [-0.39, 0.29) is 0 Å². The third-order valence-corrected chi connectivity index (χ3v) is 2.65. The summed E-state index contributed by atoms with van der Waals surface area (Å²) in [6.45, 7) is 0.433. The first-order valence-electron chi connectivity index (χ1n) is 4.78. The maximum Gasteiger partial charge on any atom is 0.232 e. The van der Waals surface area contributed by atoms with Crippen molar-refractivity contribution < 1.29 is 4.74 Å². The van der Waals surface area contributed by atoms with E-state index in [4.69, 9.17) is 10.5 Å². The third-order valence-electron chi connectivity index (χ3n) is 2.08. The largest absolute Gasteiger partial charge is 0.472 e. The van der Waals surface area contributed by atoms with E-state index in [2.05, 4.69) is 19.2 Å². The predicted octanol–water partition coefficient (Wildman–Crippen LogP) is 1.14. The van der Waals surface area contributed by atoms with Gasteiger partial charge in [0.25, 0.3) is 0 Å². The maximum atomic E-state index is 5.70. The van der Waals surface area contributed by atoms with Gasteiger partial charge in [0.1, 0.15) is 6.61 Å². The molecule has 0 saturated heterocycles. The molecule has 0 aliphatic heterocycles. The highest BCUT2D eigenvalue weighted by Gasteiger charge is 2.01. The highest BCUT2D eigenvalue weighted by molar-refractivity contribution is 7.27. The number of benzene rings is 1. The van der Waals surface area contributed by atoms with Gasteiger partial charge in [-0.1, -0.05) is 6.07 Å². The van der Waals surface area contributed by atoms with Crippen molar-refractivity contribution in [1.29, 1.82) is 0 Å². The van der Waals surface area contributed by atoms with Crippen LogP contribution in [0.25, 0.3) is 0 Å². The van der Waals surface area contributed by atoms with Gasteiger partial charge in [-0.3, -0.25) is 4.98 Å². The molecule has 1 heterocycles. The van der Waals surface area contributed by atoms with Crippen LogP contribution in [0.3, 0.4) is 0 Å². The van der Waals surface area contributed by atoms with Crippen molar-refractivity contribution in [3.05, 3.63) is 42.4 Å². The first-order valence-corrected chi connectivity index (χ1v) is 5.36. The predicted molar refractivity (Wildman–Crippen MR) is 66.6 cm³/mol. The number of rotatable bonds is 3. The smallest absolute Gasteiger partial charge is 0.232 e. The van der Waals surface area contributed by atoms with Crippen LogP contribution in [0.2, 0.25) is 0 Å². The van der Waals surface area contributed by atoms with E-state index in [1.807, 2.05) is 18.2 Å². The fourth-order valence-corrected chi connectivity index (χ4v) is 1.53. The molecule has 5 heteroatoms. The van der Waals surface area contributed by atoms with Crippen molar-refractivity contribution >= 4 is 20.2 Å². The minimum Gasteiger partial charge on any atom is -0.472 e. The molecular formula is C11H12N3OP. The quantitative estimate of drug-likeness (QED) is 0.638. The fraction of sp³-hybridized carbons (Fsp3) is 0.0909. The third kappa shape index (κ3) is 2.67. The molecule has 1 aromatic heterocycles. The summed E-state index contributed by atoms with van der Waals surface area (Å²) in [6.07, 6.45) is 4.78. The Kier molecular flexibility index (Phi) is 3.32. The highest BCUT2D eigenvalue weighted by Crippen LogP contribution is 2.10. The number of nitrogen functional groups attached to an aromatic ring is 1. The summed E-state index contributed by atoms with van der Waals surface area (Å²) < 4.78 is 5.49. The Morgan fingerprint density at radius 3 is 2.94 bits per heavy atom. The highest BCUT2D eigenvalue weighted by atomic mass is 31.0. The molecule has 2 rings (SSSR count). The van der Waals surface area contributed by atoms with E-state index in [1.54, 1.807) is 18.6 Å². The van der Waals surface area contributed by atoms with Gasteiger partial charge in [-0.15, -0.1) is 9.24 Å². The Hall–Kier alpha value is -1.67. The molecule has 16 heavy (non-hydrogen) atoms. The van der Waals surface area contributed by atoms with Crippen LogP contribution in [0.5, 0.6) is 5.88 Å². The SMILES string of the molecule is Nc1ccc(P)c(COc2cnccn2)c1. The number of nitrogens with two attached hydrogens (primary N) is 1. The van der Waals surface area contributed by atoms with Crippen LogP contribution in [0.15, 0.2) is 36.8 Å². The lowest BCUT2D eigenvalue weighted by atomic mass is 10.2. The molecule has 4 nitrogen and oxygen atoms in total. The second-order valence-electron chi connectivity index (χ2n) is 3.29. The van der Waals surface area contributed by atoms with Crippen molar-refractivity contribution in [2.75, 3.05) is 5.73 Å². The standard InChI is InChI=1S/C11H12N3OP/c12-9-1-2-10(16)8(5-9)7-15-11-6-13-3-4-14-11/h1-6H,7,12,16H2. The van der Waals surface area contributed by atoms with E-state index in [1.165, 1.54) is 0 Å². The van der Waals surface area contributed by atoms with Gasteiger partial charge in [0, 0.05) is 18.1 Å². The van der Waals surface area contributed by atoms with Gasteiger partial charge in [0.05, 0.1) is 6.20 Å². The van der Waals surface area contributed by atoms with Crippen molar-refractivity contribution in [3.8, 4) is 5.88 Å². The molecule has 1 aromatic carbocycles. The summed E-state index contributed by atoms with van der Waals surface area (Å²) in [5.41, 5.74) is 7.45. The molecular weight excluding hydrogens is 221 g/mol. The van der Waals surface area contributed by atoms with Crippen LogP contribution in [0, 0.1) is 0 Å². The Bertz CT molecular complexity index is 476. The number of hydrogen-bond donors (Lipinski definition) is 1. The minimum atomic E-state index is 0.433. The van der Waals surface area contributed by atoms with Gasteiger partial charge >= 0.3 is 0 Å². The van der Waals surface area contributed by atoms with E-state index in [9.17, 15) is 0 Å². The molecule has 0 amide bonds. The fourth-order valence-electron chi connectivity index (χ4n) is 1.26. The van der Waals surface area contributed by atoms with Crippen molar-refractivity contribution in [2.24, 2.45) is 0 Å². The zero-order chi connectivity index (χ0) is 11.4. The van der Waals surface area contributed by atoms with Gasteiger partial charge in [0.2, 0.25) is 5.88 Å². The zero-order valence-corrected chi connectivity index (χ0v) is 9.78. The minimum absolute atomic E-state index is 0.433. The molecule has 0 aliphatic rings. The number of ether oxygens (including phenoxy) is 1. The summed E-state index contributed by atoms with van der Waals surface area (Å²) >= 11 is 0. The Morgan fingerprint density at radius 2 is 2.19 bits per heavy atom. The number of nitrogens with zero attached hydrogens (tertiary/aromatic N) is 2. The van der Waals surface area contributed by atoms with Gasteiger partial charge < -0.3 is 10.5 Å². The second kappa shape index (κ2) is 4.90. The van der Waals surface area contributed by atoms with Crippen LogP contribution in [-0.2, 0) is 6.61 Å².